The number of carbonyl (C=O) groups excluding carboxylic acids is 1. The van der Waals surface area contributed by atoms with Crippen LogP contribution in [0.4, 0.5) is 14.9 Å². The highest BCUT2D eigenvalue weighted by Gasteiger charge is 2.54. The summed E-state index contributed by atoms with van der Waals surface area (Å²) < 4.78 is 26.7. The van der Waals surface area contributed by atoms with Crippen LogP contribution in [-0.2, 0) is 21.6 Å². The van der Waals surface area contributed by atoms with Crippen molar-refractivity contribution in [3.63, 3.8) is 0 Å². The van der Waals surface area contributed by atoms with Gasteiger partial charge < -0.3 is 9.84 Å². The Labute approximate surface area is 228 Å². The molecule has 4 aromatic heterocycles. The molecule has 7 nitrogen and oxygen atoms in total. The van der Waals surface area contributed by atoms with Crippen molar-refractivity contribution in [2.45, 2.75) is 31.8 Å². The van der Waals surface area contributed by atoms with Crippen molar-refractivity contribution in [1.82, 2.24) is 9.36 Å². The van der Waals surface area contributed by atoms with E-state index in [1.807, 2.05) is 49.4 Å². The number of rotatable bonds is 7. The topological polar surface area (TPSA) is 101 Å². The van der Waals surface area contributed by atoms with Gasteiger partial charge in [0.2, 0.25) is 0 Å². The molecule has 38 heavy (non-hydrogen) atoms. The Morgan fingerprint density at radius 1 is 1.11 bits per heavy atom. The predicted octanol–water partition coefficient (Wildman–Crippen LogP) is 7.46. The van der Waals surface area contributed by atoms with E-state index in [2.05, 4.69) is 14.7 Å². The van der Waals surface area contributed by atoms with Gasteiger partial charge in [-0.05, 0) is 55.1 Å². The molecule has 5 aromatic rings. The van der Waals surface area contributed by atoms with Crippen LogP contribution in [0.3, 0.4) is 0 Å². The molecular weight excluding hydrogens is 546 g/mol. The molecule has 6 rings (SSSR count). The Kier molecular flexibility index (Phi) is 6.21. The standard InChI is InChI=1S/C27H20FN3O4S3/c1-14-22(30-26(34)35-13-15-5-3-2-4-6-15)23(38-31-14)21-11-20-19(37-21)10-18(36-20)16-9-17(28)24(29-12-16)27(7-8-27)25(32)33/h2-6,9-12H,7-8,13H2,1H3,(H,30,34)(H,32,33). The minimum absolute atomic E-state index is 0.0114. The van der Waals surface area contributed by atoms with Gasteiger partial charge in [-0.2, -0.15) is 4.37 Å². The number of carbonyl (C=O) groups is 2. The Bertz CT molecular complexity index is 1660. The van der Waals surface area contributed by atoms with Crippen molar-refractivity contribution < 1.29 is 23.8 Å². The van der Waals surface area contributed by atoms with Gasteiger partial charge in [-0.1, -0.05) is 30.3 Å². The summed E-state index contributed by atoms with van der Waals surface area (Å²) in [5, 5.41) is 12.3. The molecule has 0 atom stereocenters. The molecule has 1 saturated carbocycles. The Morgan fingerprint density at radius 2 is 1.82 bits per heavy atom. The van der Waals surface area contributed by atoms with Gasteiger partial charge in [-0.25, -0.2) is 9.18 Å². The number of fused-ring (bicyclic) bond motifs is 1. The lowest BCUT2D eigenvalue weighted by molar-refractivity contribution is -0.140. The highest BCUT2D eigenvalue weighted by Crippen LogP contribution is 2.49. The van der Waals surface area contributed by atoms with E-state index in [-0.39, 0.29) is 12.3 Å². The lowest BCUT2D eigenvalue weighted by Crippen LogP contribution is -2.22. The molecule has 11 heteroatoms. The van der Waals surface area contributed by atoms with Crippen LogP contribution >= 0.6 is 34.2 Å². The Morgan fingerprint density at radius 3 is 2.50 bits per heavy atom. The maximum absolute atomic E-state index is 14.8. The largest absolute Gasteiger partial charge is 0.481 e. The number of thiophene rings is 2. The lowest BCUT2D eigenvalue weighted by Gasteiger charge is -2.10. The summed E-state index contributed by atoms with van der Waals surface area (Å²) in [6.45, 7) is 2.01. The number of aromatic nitrogens is 2. The fourth-order valence-corrected chi connectivity index (χ4v) is 7.56. The summed E-state index contributed by atoms with van der Waals surface area (Å²) in [7, 11) is 0. The maximum atomic E-state index is 14.8. The fourth-order valence-electron chi connectivity index (χ4n) is 4.24. The molecular formula is C27H20FN3O4S3. The maximum Gasteiger partial charge on any atom is 0.412 e. The van der Waals surface area contributed by atoms with E-state index in [4.69, 9.17) is 4.74 Å². The molecule has 1 aromatic carbocycles. The number of pyridine rings is 1. The molecule has 0 unspecified atom stereocenters. The van der Waals surface area contributed by atoms with Gasteiger partial charge in [0.15, 0.2) is 0 Å². The van der Waals surface area contributed by atoms with Gasteiger partial charge in [-0.15, -0.1) is 22.7 Å². The van der Waals surface area contributed by atoms with Crippen molar-refractivity contribution in [2.75, 3.05) is 5.32 Å². The van der Waals surface area contributed by atoms with Gasteiger partial charge >= 0.3 is 12.1 Å². The smallest absolute Gasteiger partial charge is 0.412 e. The van der Waals surface area contributed by atoms with Gasteiger partial charge in [0.1, 0.15) is 17.8 Å². The van der Waals surface area contributed by atoms with Gasteiger partial charge in [0, 0.05) is 26.0 Å². The quantitative estimate of drug-likeness (QED) is 0.212. The van der Waals surface area contributed by atoms with E-state index in [0.717, 1.165) is 29.6 Å². The number of amides is 1. The average Bonchev–Trinajstić information content (AvgIpc) is 3.30. The molecule has 192 valence electrons. The number of aryl methyl sites for hydroxylation is 1. The van der Waals surface area contributed by atoms with E-state index in [0.29, 0.717) is 29.8 Å². The first-order chi connectivity index (χ1) is 18.3. The normalized spacial score (nSPS) is 13.9. The van der Waals surface area contributed by atoms with Crippen LogP contribution in [0.2, 0.25) is 0 Å². The highest BCUT2D eigenvalue weighted by molar-refractivity contribution is 7.32. The number of carboxylic acids is 1. The summed E-state index contributed by atoms with van der Waals surface area (Å²) in [6.07, 6.45) is 1.81. The molecule has 0 spiro atoms. The Balaban J connectivity index is 1.21. The third kappa shape index (κ3) is 4.46. The van der Waals surface area contributed by atoms with Crippen molar-refractivity contribution in [3.8, 4) is 20.2 Å². The van der Waals surface area contributed by atoms with Gasteiger partial charge in [0.25, 0.3) is 0 Å². The molecule has 0 aliphatic heterocycles. The minimum atomic E-state index is -1.18. The molecule has 1 fully saturated rings. The van der Waals surface area contributed by atoms with Crippen LogP contribution in [0, 0.1) is 12.7 Å². The number of halogens is 1. The number of hydrogen-bond acceptors (Lipinski definition) is 8. The second-order valence-corrected chi connectivity index (χ2v) is 12.0. The Hall–Kier alpha value is -3.67. The summed E-state index contributed by atoms with van der Waals surface area (Å²) in [5.41, 5.74) is 1.67. The number of benzene rings is 1. The number of ether oxygens (including phenoxy) is 1. The fraction of sp³-hybridized carbons (Fsp3) is 0.185. The van der Waals surface area contributed by atoms with Gasteiger partial charge in [-0.3, -0.25) is 15.1 Å². The van der Waals surface area contributed by atoms with Crippen LogP contribution in [0.25, 0.3) is 29.6 Å². The molecule has 0 saturated heterocycles. The number of nitrogens with one attached hydrogen (secondary N) is 1. The number of hydrogen-bond donors (Lipinski definition) is 2. The first-order valence-electron chi connectivity index (χ1n) is 11.7. The molecule has 4 heterocycles. The molecule has 1 aliphatic carbocycles. The van der Waals surface area contributed by atoms with E-state index < -0.39 is 23.3 Å². The lowest BCUT2D eigenvalue weighted by atomic mass is 10.0. The average molecular weight is 566 g/mol. The monoisotopic (exact) mass is 565 g/mol. The van der Waals surface area contributed by atoms with Crippen molar-refractivity contribution in [2.24, 2.45) is 0 Å². The van der Waals surface area contributed by atoms with Crippen LogP contribution in [0.15, 0.2) is 54.7 Å². The summed E-state index contributed by atoms with van der Waals surface area (Å²) in [6, 6.07) is 14.8. The molecule has 0 radical (unpaired) electrons. The van der Waals surface area contributed by atoms with E-state index in [1.165, 1.54) is 28.9 Å². The van der Waals surface area contributed by atoms with Crippen LogP contribution in [0.1, 0.15) is 29.8 Å². The van der Waals surface area contributed by atoms with E-state index >= 15 is 0 Å². The second kappa shape index (κ2) is 9.57. The van der Waals surface area contributed by atoms with Gasteiger partial charge in [0.05, 0.1) is 26.8 Å². The zero-order valence-corrected chi connectivity index (χ0v) is 22.4. The first-order valence-corrected chi connectivity index (χ1v) is 14.1. The third-order valence-electron chi connectivity index (χ3n) is 6.47. The van der Waals surface area contributed by atoms with Crippen molar-refractivity contribution in [3.05, 3.63) is 77.5 Å². The first kappa shape index (κ1) is 24.7. The molecule has 1 aliphatic rings. The van der Waals surface area contributed by atoms with Crippen LogP contribution in [0.5, 0.6) is 0 Å². The zero-order chi connectivity index (χ0) is 26.4. The summed E-state index contributed by atoms with van der Waals surface area (Å²) >= 11 is 4.36. The van der Waals surface area contributed by atoms with E-state index in [9.17, 15) is 19.1 Å². The molecule has 2 N–H and O–H groups in total. The van der Waals surface area contributed by atoms with E-state index in [1.54, 1.807) is 17.5 Å². The third-order valence-corrected chi connectivity index (χ3v) is 9.93. The highest BCUT2D eigenvalue weighted by atomic mass is 32.1. The van der Waals surface area contributed by atoms with Crippen LogP contribution < -0.4 is 5.32 Å². The van der Waals surface area contributed by atoms with Crippen LogP contribution in [-0.4, -0.2) is 26.5 Å². The SMILES string of the molecule is Cc1nsc(-c2cc3sc(-c4cnc(C5(C(=O)O)CC5)c(F)c4)cc3s2)c1NC(=O)OCc1ccccc1. The second-order valence-electron chi connectivity index (χ2n) is 9.05. The number of nitrogens with zero attached hydrogens (tertiary/aromatic N) is 2. The summed E-state index contributed by atoms with van der Waals surface area (Å²) in [4.78, 5) is 30.9. The number of aliphatic carboxylic acids is 1. The number of anilines is 1. The summed E-state index contributed by atoms with van der Waals surface area (Å²) in [5.74, 6) is -1.62. The molecule has 0 bridgehead atoms. The predicted molar refractivity (Wildman–Crippen MR) is 148 cm³/mol. The molecule has 1 amide bonds. The van der Waals surface area contributed by atoms with Crippen molar-refractivity contribution >= 4 is 61.4 Å². The minimum Gasteiger partial charge on any atom is -0.481 e. The zero-order valence-electron chi connectivity index (χ0n) is 20.0. The van der Waals surface area contributed by atoms with Crippen molar-refractivity contribution in [1.29, 1.82) is 0 Å². The number of carboxylic acid groups (broad SMARTS) is 1.